The van der Waals surface area contributed by atoms with Crippen molar-refractivity contribution in [3.63, 3.8) is 0 Å². The van der Waals surface area contributed by atoms with E-state index in [2.05, 4.69) is 12.1 Å². The summed E-state index contributed by atoms with van der Waals surface area (Å²) in [5.74, 6) is -0.701. The molecule has 0 radical (unpaired) electrons. The largest absolute Gasteiger partial charge is 0.423 e. The van der Waals surface area contributed by atoms with Crippen molar-refractivity contribution in [1.82, 2.24) is 0 Å². The van der Waals surface area contributed by atoms with E-state index < -0.39 is 5.97 Å². The van der Waals surface area contributed by atoms with Crippen LogP contribution < -0.4 is 9.64 Å². The second kappa shape index (κ2) is 8.90. The molecule has 1 saturated carbocycles. The maximum Gasteiger partial charge on any atom is 0.343 e. The van der Waals surface area contributed by atoms with Crippen LogP contribution in [0.3, 0.4) is 0 Å². The summed E-state index contributed by atoms with van der Waals surface area (Å²) < 4.78 is 5.59. The van der Waals surface area contributed by atoms with Crippen molar-refractivity contribution in [3.05, 3.63) is 95.1 Å². The standard InChI is InChI=1S/C29H27NO4/c1-18-11-14-26(19(2)15-18)34-29(33)22-9-6-10-23(16-22)30-27(31)24-13-12-21(17-25(24)28(30)32)20-7-4-3-5-8-20/h3-11,14-16,21,24-25H,12-13,17H2,1-2H3/t21-,24+,25-/m0/s1. The maximum atomic E-state index is 13.4. The van der Waals surface area contributed by atoms with Crippen LogP contribution in [0.25, 0.3) is 0 Å². The van der Waals surface area contributed by atoms with Crippen LogP contribution >= 0.6 is 0 Å². The normalized spacial score (nSPS) is 21.9. The highest BCUT2D eigenvalue weighted by Gasteiger charge is 2.50. The fraction of sp³-hybridized carbons (Fsp3) is 0.276. The number of carbonyl (C=O) groups is 3. The first-order chi connectivity index (χ1) is 16.4. The summed E-state index contributed by atoms with van der Waals surface area (Å²) in [7, 11) is 0. The number of imide groups is 1. The summed E-state index contributed by atoms with van der Waals surface area (Å²) in [5.41, 5.74) is 3.90. The number of nitrogens with zero attached hydrogens (tertiary/aromatic N) is 1. The van der Waals surface area contributed by atoms with Gasteiger partial charge in [-0.1, -0.05) is 54.1 Å². The number of esters is 1. The SMILES string of the molecule is Cc1ccc(OC(=O)c2cccc(N3C(=O)[C@H]4C[C@@H](c5ccccc5)CC[C@H]4C3=O)c2)c(C)c1. The third-order valence-electron chi connectivity index (χ3n) is 7.07. The predicted molar refractivity (Wildman–Crippen MR) is 130 cm³/mol. The van der Waals surface area contributed by atoms with Gasteiger partial charge in [-0.2, -0.15) is 0 Å². The van der Waals surface area contributed by atoms with Gasteiger partial charge in [0.15, 0.2) is 0 Å². The number of aryl methyl sites for hydroxylation is 2. The second-order valence-electron chi connectivity index (χ2n) is 9.35. The highest BCUT2D eigenvalue weighted by Crippen LogP contribution is 2.45. The van der Waals surface area contributed by atoms with E-state index in [1.54, 1.807) is 30.3 Å². The molecule has 3 atom stereocenters. The van der Waals surface area contributed by atoms with Gasteiger partial charge in [0.2, 0.25) is 11.8 Å². The van der Waals surface area contributed by atoms with E-state index in [1.807, 2.05) is 44.2 Å². The second-order valence-corrected chi connectivity index (χ2v) is 9.35. The number of ether oxygens (including phenoxy) is 1. The lowest BCUT2D eigenvalue weighted by Crippen LogP contribution is -2.31. The third kappa shape index (κ3) is 4.03. The molecule has 0 bridgehead atoms. The van der Waals surface area contributed by atoms with E-state index in [4.69, 9.17) is 4.74 Å². The summed E-state index contributed by atoms with van der Waals surface area (Å²) >= 11 is 0. The Morgan fingerprint density at radius 3 is 2.38 bits per heavy atom. The highest BCUT2D eigenvalue weighted by molar-refractivity contribution is 6.22. The molecule has 5 rings (SSSR count). The number of hydrogen-bond donors (Lipinski definition) is 0. The zero-order valence-electron chi connectivity index (χ0n) is 19.4. The maximum absolute atomic E-state index is 13.4. The summed E-state index contributed by atoms with van der Waals surface area (Å²) in [4.78, 5) is 40.7. The number of hydrogen-bond acceptors (Lipinski definition) is 4. The molecule has 34 heavy (non-hydrogen) atoms. The van der Waals surface area contributed by atoms with Gasteiger partial charge in [-0.25, -0.2) is 4.79 Å². The molecule has 2 aliphatic rings. The molecule has 5 nitrogen and oxygen atoms in total. The van der Waals surface area contributed by atoms with Crippen molar-refractivity contribution < 1.29 is 19.1 Å². The van der Waals surface area contributed by atoms with Crippen LogP contribution in [0, 0.1) is 25.7 Å². The van der Waals surface area contributed by atoms with E-state index in [0.29, 0.717) is 29.8 Å². The minimum Gasteiger partial charge on any atom is -0.423 e. The van der Waals surface area contributed by atoms with Crippen molar-refractivity contribution in [1.29, 1.82) is 0 Å². The van der Waals surface area contributed by atoms with Gasteiger partial charge in [0.05, 0.1) is 23.1 Å². The molecule has 2 fully saturated rings. The quantitative estimate of drug-likeness (QED) is 0.293. The van der Waals surface area contributed by atoms with Gasteiger partial charge in [-0.05, 0) is 74.4 Å². The Morgan fingerprint density at radius 2 is 1.62 bits per heavy atom. The average Bonchev–Trinajstić information content (AvgIpc) is 3.10. The first-order valence-corrected chi connectivity index (χ1v) is 11.7. The Kier molecular flexibility index (Phi) is 5.78. The Labute approximate surface area is 199 Å². The smallest absolute Gasteiger partial charge is 0.343 e. The first kappa shape index (κ1) is 22.1. The zero-order valence-corrected chi connectivity index (χ0v) is 19.4. The minimum atomic E-state index is -0.519. The van der Waals surface area contributed by atoms with E-state index in [9.17, 15) is 14.4 Å². The number of rotatable bonds is 4. The average molecular weight is 454 g/mol. The molecule has 0 spiro atoms. The lowest BCUT2D eigenvalue weighted by Gasteiger charge is -2.28. The summed E-state index contributed by atoms with van der Waals surface area (Å²) in [6.07, 6.45) is 2.25. The first-order valence-electron chi connectivity index (χ1n) is 11.7. The molecule has 1 aliphatic carbocycles. The molecule has 2 amide bonds. The number of fused-ring (bicyclic) bond motifs is 1. The van der Waals surface area contributed by atoms with Gasteiger partial charge < -0.3 is 4.74 Å². The van der Waals surface area contributed by atoms with Crippen molar-refractivity contribution in [2.24, 2.45) is 11.8 Å². The third-order valence-corrected chi connectivity index (χ3v) is 7.07. The lowest BCUT2D eigenvalue weighted by molar-refractivity contribution is -0.122. The molecule has 1 heterocycles. The van der Waals surface area contributed by atoms with Crippen LogP contribution in [0.1, 0.15) is 52.2 Å². The van der Waals surface area contributed by atoms with Gasteiger partial charge >= 0.3 is 5.97 Å². The number of benzene rings is 3. The van der Waals surface area contributed by atoms with Crippen molar-refractivity contribution >= 4 is 23.5 Å². The molecule has 3 aromatic rings. The predicted octanol–water partition coefficient (Wildman–Crippen LogP) is 5.60. The fourth-order valence-corrected chi connectivity index (χ4v) is 5.31. The molecule has 0 unspecified atom stereocenters. The number of amides is 2. The van der Waals surface area contributed by atoms with Crippen molar-refractivity contribution in [3.8, 4) is 5.75 Å². The van der Waals surface area contributed by atoms with E-state index >= 15 is 0 Å². The van der Waals surface area contributed by atoms with Crippen molar-refractivity contribution in [2.45, 2.75) is 39.0 Å². The minimum absolute atomic E-state index is 0.165. The van der Waals surface area contributed by atoms with Crippen LogP contribution in [0.15, 0.2) is 72.8 Å². The van der Waals surface area contributed by atoms with E-state index in [0.717, 1.165) is 17.5 Å². The van der Waals surface area contributed by atoms with Gasteiger partial charge in [-0.15, -0.1) is 0 Å². The Bertz CT molecular complexity index is 1270. The molecular weight excluding hydrogens is 426 g/mol. The Hall–Kier alpha value is -3.73. The molecule has 0 aromatic heterocycles. The summed E-state index contributed by atoms with van der Waals surface area (Å²) in [6, 6.07) is 22.4. The van der Waals surface area contributed by atoms with Gasteiger partial charge in [-0.3, -0.25) is 14.5 Å². The lowest BCUT2D eigenvalue weighted by atomic mass is 9.73. The van der Waals surface area contributed by atoms with Crippen LogP contribution in [-0.4, -0.2) is 17.8 Å². The van der Waals surface area contributed by atoms with Crippen LogP contribution in [0.2, 0.25) is 0 Å². The monoisotopic (exact) mass is 453 g/mol. The molecular formula is C29H27NO4. The fourth-order valence-electron chi connectivity index (χ4n) is 5.31. The summed E-state index contributed by atoms with van der Waals surface area (Å²) in [6.45, 7) is 3.86. The number of carbonyl (C=O) groups excluding carboxylic acids is 3. The molecule has 172 valence electrons. The topological polar surface area (TPSA) is 63.7 Å². The Morgan fingerprint density at radius 1 is 0.853 bits per heavy atom. The van der Waals surface area contributed by atoms with Crippen molar-refractivity contribution in [2.75, 3.05) is 4.90 Å². The summed E-state index contributed by atoms with van der Waals surface area (Å²) in [5, 5.41) is 0. The van der Waals surface area contributed by atoms with Crippen LogP contribution in [-0.2, 0) is 9.59 Å². The molecule has 1 aliphatic heterocycles. The Balaban J connectivity index is 1.36. The van der Waals surface area contributed by atoms with Gasteiger partial charge in [0.1, 0.15) is 5.75 Å². The van der Waals surface area contributed by atoms with Crippen LogP contribution in [0.4, 0.5) is 5.69 Å². The van der Waals surface area contributed by atoms with Gasteiger partial charge in [0.25, 0.3) is 0 Å². The van der Waals surface area contributed by atoms with Crippen LogP contribution in [0.5, 0.6) is 5.75 Å². The van der Waals surface area contributed by atoms with Gasteiger partial charge in [0, 0.05) is 0 Å². The van der Waals surface area contributed by atoms with E-state index in [1.165, 1.54) is 10.5 Å². The van der Waals surface area contributed by atoms with E-state index in [-0.39, 0.29) is 29.6 Å². The molecule has 1 saturated heterocycles. The molecule has 5 heteroatoms. The number of anilines is 1. The zero-order chi connectivity index (χ0) is 23.8. The molecule has 0 N–H and O–H groups in total. The highest BCUT2D eigenvalue weighted by atomic mass is 16.5. The molecule has 3 aromatic carbocycles.